The highest BCUT2D eigenvalue weighted by molar-refractivity contribution is 6.35. The summed E-state index contributed by atoms with van der Waals surface area (Å²) in [6, 6.07) is 12.2. The van der Waals surface area contributed by atoms with Gasteiger partial charge in [0, 0.05) is 23.5 Å². The lowest BCUT2D eigenvalue weighted by atomic mass is 10.1. The Morgan fingerprint density at radius 2 is 1.76 bits per heavy atom. The summed E-state index contributed by atoms with van der Waals surface area (Å²) in [4.78, 5) is 25.4. The van der Waals surface area contributed by atoms with Crippen molar-refractivity contribution in [3.63, 3.8) is 0 Å². The molecule has 2 aromatic carbocycles. The Labute approximate surface area is 161 Å². The first-order chi connectivity index (χ1) is 11.9. The van der Waals surface area contributed by atoms with Crippen LogP contribution in [-0.2, 0) is 16.0 Å². The quantitative estimate of drug-likeness (QED) is 0.784. The molecule has 0 unspecified atom stereocenters. The van der Waals surface area contributed by atoms with E-state index in [0.717, 1.165) is 5.56 Å². The van der Waals surface area contributed by atoms with Crippen LogP contribution in [0.1, 0.15) is 12.5 Å². The third-order valence-corrected chi connectivity index (χ3v) is 4.30. The number of carbonyl (C=O) groups is 2. The van der Waals surface area contributed by atoms with Gasteiger partial charge in [0.05, 0.1) is 10.7 Å². The molecule has 0 bridgehead atoms. The smallest absolute Gasteiger partial charge is 0.240 e. The number of hydrogen-bond donors (Lipinski definition) is 1. The normalized spacial score (nSPS) is 10.4. The summed E-state index contributed by atoms with van der Waals surface area (Å²) in [5.41, 5.74) is 1.43. The minimum absolute atomic E-state index is 0.134. The summed E-state index contributed by atoms with van der Waals surface area (Å²) in [5.74, 6) is -0.581. The predicted molar refractivity (Wildman–Crippen MR) is 103 cm³/mol. The molecule has 0 saturated carbocycles. The first-order valence-corrected chi connectivity index (χ1v) is 8.74. The van der Waals surface area contributed by atoms with E-state index in [1.54, 1.807) is 24.3 Å². The number of carbonyl (C=O) groups excluding carboxylic acids is 2. The van der Waals surface area contributed by atoms with Crippen molar-refractivity contribution in [2.24, 2.45) is 0 Å². The first kappa shape index (κ1) is 19.6. The standard InChI is InChI=1S/C18H17Cl3N2O2/c1-12(24)23(17-10-15(20)5-6-16(17)21)11-18(25)22-8-7-13-3-2-4-14(19)9-13/h2-6,9-10H,7-8,11H2,1H3,(H,22,25). The van der Waals surface area contributed by atoms with Gasteiger partial charge >= 0.3 is 0 Å². The average Bonchev–Trinajstić information content (AvgIpc) is 2.55. The second-order valence-corrected chi connectivity index (χ2v) is 6.71. The molecule has 1 N–H and O–H groups in total. The largest absolute Gasteiger partial charge is 0.354 e. The summed E-state index contributed by atoms with van der Waals surface area (Å²) >= 11 is 18.0. The van der Waals surface area contributed by atoms with Crippen molar-refractivity contribution in [2.75, 3.05) is 18.0 Å². The van der Waals surface area contributed by atoms with Gasteiger partial charge in [0.25, 0.3) is 0 Å². The van der Waals surface area contributed by atoms with Crippen LogP contribution < -0.4 is 10.2 Å². The van der Waals surface area contributed by atoms with E-state index in [2.05, 4.69) is 5.32 Å². The van der Waals surface area contributed by atoms with Crippen molar-refractivity contribution in [1.29, 1.82) is 0 Å². The van der Waals surface area contributed by atoms with Crippen molar-refractivity contribution in [1.82, 2.24) is 5.32 Å². The SMILES string of the molecule is CC(=O)N(CC(=O)NCCc1cccc(Cl)c1)c1cc(Cl)ccc1Cl. The molecule has 0 aliphatic rings. The van der Waals surface area contributed by atoms with Gasteiger partial charge in [-0.2, -0.15) is 0 Å². The summed E-state index contributed by atoms with van der Waals surface area (Å²) in [6.07, 6.45) is 0.643. The van der Waals surface area contributed by atoms with E-state index in [9.17, 15) is 9.59 Å². The van der Waals surface area contributed by atoms with Crippen LogP contribution in [0.2, 0.25) is 15.1 Å². The van der Waals surface area contributed by atoms with Crippen LogP contribution in [0.15, 0.2) is 42.5 Å². The van der Waals surface area contributed by atoms with E-state index in [-0.39, 0.29) is 18.4 Å². The molecule has 0 heterocycles. The highest BCUT2D eigenvalue weighted by Gasteiger charge is 2.18. The molecule has 0 spiro atoms. The highest BCUT2D eigenvalue weighted by Crippen LogP contribution is 2.29. The van der Waals surface area contributed by atoms with Crippen LogP contribution in [0.4, 0.5) is 5.69 Å². The van der Waals surface area contributed by atoms with Crippen LogP contribution in [0, 0.1) is 0 Å². The maximum atomic E-state index is 12.2. The maximum absolute atomic E-state index is 12.2. The van der Waals surface area contributed by atoms with E-state index in [1.807, 2.05) is 18.2 Å². The lowest BCUT2D eigenvalue weighted by Gasteiger charge is -2.22. The zero-order valence-corrected chi connectivity index (χ0v) is 15.8. The van der Waals surface area contributed by atoms with Crippen LogP contribution in [0.3, 0.4) is 0 Å². The molecule has 0 fully saturated rings. The summed E-state index contributed by atoms with van der Waals surface area (Å²) in [7, 11) is 0. The van der Waals surface area contributed by atoms with Gasteiger partial charge in [-0.15, -0.1) is 0 Å². The third-order valence-electron chi connectivity index (χ3n) is 3.51. The molecule has 25 heavy (non-hydrogen) atoms. The van der Waals surface area contributed by atoms with Crippen LogP contribution in [0.5, 0.6) is 0 Å². The zero-order chi connectivity index (χ0) is 18.4. The van der Waals surface area contributed by atoms with Crippen LogP contribution >= 0.6 is 34.8 Å². The number of anilines is 1. The van der Waals surface area contributed by atoms with E-state index in [1.165, 1.54) is 11.8 Å². The molecule has 2 aromatic rings. The molecule has 0 saturated heterocycles. The lowest BCUT2D eigenvalue weighted by Crippen LogP contribution is -2.40. The van der Waals surface area contributed by atoms with Gasteiger partial charge in [-0.3, -0.25) is 9.59 Å². The van der Waals surface area contributed by atoms with Gasteiger partial charge < -0.3 is 10.2 Å². The van der Waals surface area contributed by atoms with Crippen molar-refractivity contribution in [3.05, 3.63) is 63.1 Å². The van der Waals surface area contributed by atoms with Crippen LogP contribution in [-0.4, -0.2) is 24.9 Å². The van der Waals surface area contributed by atoms with Gasteiger partial charge in [-0.1, -0.05) is 46.9 Å². The minimum Gasteiger partial charge on any atom is -0.354 e. The Hall–Kier alpha value is -1.75. The van der Waals surface area contributed by atoms with E-state index < -0.39 is 0 Å². The van der Waals surface area contributed by atoms with Crippen LogP contribution in [0.25, 0.3) is 0 Å². The van der Waals surface area contributed by atoms with E-state index >= 15 is 0 Å². The van der Waals surface area contributed by atoms with E-state index in [4.69, 9.17) is 34.8 Å². The topological polar surface area (TPSA) is 49.4 Å². The Morgan fingerprint density at radius 1 is 1.04 bits per heavy atom. The zero-order valence-electron chi connectivity index (χ0n) is 13.6. The van der Waals surface area contributed by atoms with Gasteiger partial charge in [-0.05, 0) is 42.3 Å². The van der Waals surface area contributed by atoms with Gasteiger partial charge in [0.2, 0.25) is 11.8 Å². The molecule has 0 radical (unpaired) electrons. The number of rotatable bonds is 6. The molecule has 0 atom stereocenters. The van der Waals surface area contributed by atoms with Crippen molar-refractivity contribution in [3.8, 4) is 0 Å². The fourth-order valence-electron chi connectivity index (χ4n) is 2.30. The fraction of sp³-hybridized carbons (Fsp3) is 0.222. The molecule has 132 valence electrons. The first-order valence-electron chi connectivity index (χ1n) is 7.61. The number of amides is 2. The summed E-state index contributed by atoms with van der Waals surface area (Å²) < 4.78 is 0. The van der Waals surface area contributed by atoms with Gasteiger partial charge in [-0.25, -0.2) is 0 Å². The number of halogens is 3. The number of hydrogen-bond acceptors (Lipinski definition) is 2. The molecule has 4 nitrogen and oxygen atoms in total. The summed E-state index contributed by atoms with van der Waals surface area (Å²) in [5, 5.41) is 4.23. The molecular formula is C18H17Cl3N2O2. The Bertz CT molecular complexity index is 781. The van der Waals surface area contributed by atoms with E-state index in [0.29, 0.717) is 33.7 Å². The summed E-state index contributed by atoms with van der Waals surface area (Å²) in [6.45, 7) is 1.68. The fourth-order valence-corrected chi connectivity index (χ4v) is 2.90. The molecule has 0 aliphatic heterocycles. The molecule has 7 heteroatoms. The monoisotopic (exact) mass is 398 g/mol. The van der Waals surface area contributed by atoms with Gasteiger partial charge in [0.15, 0.2) is 0 Å². The van der Waals surface area contributed by atoms with Crippen molar-refractivity contribution in [2.45, 2.75) is 13.3 Å². The number of nitrogens with one attached hydrogen (secondary N) is 1. The minimum atomic E-state index is -0.297. The van der Waals surface area contributed by atoms with Gasteiger partial charge in [0.1, 0.15) is 6.54 Å². The van der Waals surface area contributed by atoms with Crippen molar-refractivity contribution >= 4 is 52.3 Å². The molecular weight excluding hydrogens is 383 g/mol. The maximum Gasteiger partial charge on any atom is 0.240 e. The molecule has 2 amide bonds. The molecule has 0 aliphatic carbocycles. The Kier molecular flexibility index (Phi) is 7.12. The number of nitrogens with zero attached hydrogens (tertiary/aromatic N) is 1. The molecule has 2 rings (SSSR count). The van der Waals surface area contributed by atoms with Crippen molar-refractivity contribution < 1.29 is 9.59 Å². The highest BCUT2D eigenvalue weighted by atomic mass is 35.5. The Morgan fingerprint density at radius 3 is 2.44 bits per heavy atom. The second-order valence-electron chi connectivity index (χ2n) is 5.43. The molecule has 0 aromatic heterocycles. The third kappa shape index (κ3) is 5.92. The second kappa shape index (κ2) is 9.09. The average molecular weight is 400 g/mol. The Balaban J connectivity index is 1.96. The predicted octanol–water partition coefficient (Wildman–Crippen LogP) is 4.36. The lowest BCUT2D eigenvalue weighted by molar-refractivity contribution is -0.123. The number of benzene rings is 2.